The van der Waals surface area contributed by atoms with Crippen molar-refractivity contribution in [3.05, 3.63) is 40.0 Å². The predicted molar refractivity (Wildman–Crippen MR) is 68.8 cm³/mol. The zero-order chi connectivity index (χ0) is 13.8. The Balaban J connectivity index is 2.01. The van der Waals surface area contributed by atoms with Gasteiger partial charge in [0.25, 0.3) is 5.89 Å². The summed E-state index contributed by atoms with van der Waals surface area (Å²) in [5.74, 6) is 0.861. The fraction of sp³-hybridized carbons (Fsp3) is 0.250. The summed E-state index contributed by atoms with van der Waals surface area (Å²) in [6, 6.07) is 4.92. The first kappa shape index (κ1) is 13.5. The van der Waals surface area contributed by atoms with Crippen molar-refractivity contribution in [2.24, 2.45) is 0 Å². The number of carbonyl (C=O) groups excluding carboxylic acids is 1. The number of esters is 1. The summed E-state index contributed by atoms with van der Waals surface area (Å²) in [5, 5.41) is 7.38. The molecule has 0 spiro atoms. The molecule has 0 saturated carbocycles. The molecule has 0 radical (unpaired) electrons. The first-order valence-corrected chi connectivity index (χ1v) is 6.19. The minimum absolute atomic E-state index is 0.0523. The molecule has 0 amide bonds. The van der Waals surface area contributed by atoms with Gasteiger partial charge in [-0.15, -0.1) is 10.2 Å². The quantitative estimate of drug-likeness (QED) is 0.803. The van der Waals surface area contributed by atoms with Crippen LogP contribution in [0.15, 0.2) is 27.1 Å². The number of methoxy groups -OCH3 is 1. The molecule has 6 nitrogen and oxygen atoms in total. The highest BCUT2D eigenvalue weighted by atomic mass is 79.9. The summed E-state index contributed by atoms with van der Waals surface area (Å²) in [5.41, 5.74) is 0.406. The van der Waals surface area contributed by atoms with Gasteiger partial charge in [-0.3, -0.25) is 0 Å². The molecule has 0 aliphatic rings. The Bertz CT molecular complexity index is 597. The second-order valence-corrected chi connectivity index (χ2v) is 4.49. The van der Waals surface area contributed by atoms with Crippen molar-refractivity contribution in [1.29, 1.82) is 0 Å². The molecule has 7 heteroatoms. The van der Waals surface area contributed by atoms with Gasteiger partial charge in [0.2, 0.25) is 5.89 Å². The number of halogens is 1. The second-order valence-electron chi connectivity index (χ2n) is 3.64. The number of rotatable bonds is 4. The van der Waals surface area contributed by atoms with Gasteiger partial charge >= 0.3 is 5.97 Å². The third-order valence-electron chi connectivity index (χ3n) is 2.28. The Kier molecular flexibility index (Phi) is 4.16. The molecule has 0 fully saturated rings. The van der Waals surface area contributed by atoms with Crippen molar-refractivity contribution in [3.63, 3.8) is 0 Å². The molecule has 2 rings (SSSR count). The molecule has 1 aromatic heterocycles. The van der Waals surface area contributed by atoms with Gasteiger partial charge in [-0.2, -0.15) is 0 Å². The summed E-state index contributed by atoms with van der Waals surface area (Å²) < 4.78 is 15.9. The molecule has 100 valence electrons. The van der Waals surface area contributed by atoms with Gasteiger partial charge < -0.3 is 13.9 Å². The highest BCUT2D eigenvalue weighted by Crippen LogP contribution is 2.25. The maximum atomic E-state index is 11.8. The van der Waals surface area contributed by atoms with Crippen LogP contribution in [0.4, 0.5) is 0 Å². The number of benzene rings is 1. The average molecular weight is 327 g/mol. The number of aryl methyl sites for hydroxylation is 1. The van der Waals surface area contributed by atoms with Crippen molar-refractivity contribution >= 4 is 21.9 Å². The summed E-state index contributed by atoms with van der Waals surface area (Å²) in [7, 11) is 1.55. The van der Waals surface area contributed by atoms with E-state index in [9.17, 15) is 4.79 Å². The molecule has 0 saturated heterocycles. The Morgan fingerprint density at radius 1 is 1.42 bits per heavy atom. The molecule has 0 unspecified atom stereocenters. The fourth-order valence-electron chi connectivity index (χ4n) is 1.40. The lowest BCUT2D eigenvalue weighted by molar-refractivity contribution is 0.0436. The van der Waals surface area contributed by atoms with Gasteiger partial charge in [0.05, 0.1) is 17.1 Å². The van der Waals surface area contributed by atoms with Crippen molar-refractivity contribution < 1.29 is 18.7 Å². The summed E-state index contributed by atoms with van der Waals surface area (Å²) >= 11 is 3.30. The van der Waals surface area contributed by atoms with Crippen LogP contribution < -0.4 is 4.74 Å². The summed E-state index contributed by atoms with van der Waals surface area (Å²) in [6.45, 7) is 1.61. The summed E-state index contributed by atoms with van der Waals surface area (Å²) in [6.07, 6.45) is 0. The van der Waals surface area contributed by atoms with Gasteiger partial charge in [-0.05, 0) is 34.1 Å². The zero-order valence-corrected chi connectivity index (χ0v) is 11.9. The number of hydrogen-bond acceptors (Lipinski definition) is 6. The highest BCUT2D eigenvalue weighted by Gasteiger charge is 2.12. The van der Waals surface area contributed by atoms with Crippen molar-refractivity contribution in [2.45, 2.75) is 13.5 Å². The van der Waals surface area contributed by atoms with Crippen LogP contribution in [0, 0.1) is 6.92 Å². The van der Waals surface area contributed by atoms with Crippen LogP contribution in [0.2, 0.25) is 0 Å². The molecule has 19 heavy (non-hydrogen) atoms. The molecule has 0 N–H and O–H groups in total. The van der Waals surface area contributed by atoms with Crippen LogP contribution in [0.25, 0.3) is 0 Å². The van der Waals surface area contributed by atoms with E-state index < -0.39 is 5.97 Å². The third kappa shape index (κ3) is 3.31. The van der Waals surface area contributed by atoms with E-state index in [4.69, 9.17) is 13.9 Å². The highest BCUT2D eigenvalue weighted by molar-refractivity contribution is 9.10. The Morgan fingerprint density at radius 3 is 2.79 bits per heavy atom. The SMILES string of the molecule is COc1ccc(C(=O)OCc2nnc(C)o2)cc1Br. The molecule has 1 heterocycles. The maximum Gasteiger partial charge on any atom is 0.338 e. The lowest BCUT2D eigenvalue weighted by Gasteiger charge is -2.05. The molecule has 2 aromatic rings. The van der Waals surface area contributed by atoms with Crippen LogP contribution in [0.1, 0.15) is 22.1 Å². The van der Waals surface area contributed by atoms with Crippen molar-refractivity contribution in [1.82, 2.24) is 10.2 Å². The van der Waals surface area contributed by atoms with E-state index in [1.807, 2.05) is 0 Å². The van der Waals surface area contributed by atoms with Gasteiger partial charge in [0, 0.05) is 6.92 Å². The first-order chi connectivity index (χ1) is 9.10. The zero-order valence-electron chi connectivity index (χ0n) is 10.3. The lowest BCUT2D eigenvalue weighted by Crippen LogP contribution is -2.05. The smallest absolute Gasteiger partial charge is 0.338 e. The largest absolute Gasteiger partial charge is 0.496 e. The van der Waals surface area contributed by atoms with Crippen molar-refractivity contribution in [2.75, 3.05) is 7.11 Å². The Labute approximate surface area is 117 Å². The van der Waals surface area contributed by atoms with Gasteiger partial charge in [-0.1, -0.05) is 0 Å². The number of carbonyl (C=O) groups is 1. The van der Waals surface area contributed by atoms with Crippen LogP contribution in [-0.2, 0) is 11.3 Å². The van der Waals surface area contributed by atoms with Crippen LogP contribution in [0.3, 0.4) is 0 Å². The number of ether oxygens (including phenoxy) is 2. The summed E-state index contributed by atoms with van der Waals surface area (Å²) in [4.78, 5) is 11.8. The topological polar surface area (TPSA) is 74.5 Å². The normalized spacial score (nSPS) is 10.3. The predicted octanol–water partition coefficient (Wildman–Crippen LogP) is 2.51. The van der Waals surface area contributed by atoms with E-state index >= 15 is 0 Å². The molecule has 1 aromatic carbocycles. The minimum Gasteiger partial charge on any atom is -0.496 e. The monoisotopic (exact) mass is 326 g/mol. The number of aromatic nitrogens is 2. The minimum atomic E-state index is -0.473. The fourth-order valence-corrected chi connectivity index (χ4v) is 1.94. The average Bonchev–Trinajstić information content (AvgIpc) is 2.81. The standard InChI is InChI=1S/C12H11BrN2O4/c1-7-14-15-11(19-7)6-18-12(16)8-3-4-10(17-2)9(13)5-8/h3-5H,6H2,1-2H3. The molecule has 0 atom stereocenters. The van der Waals surface area contributed by atoms with Crippen molar-refractivity contribution in [3.8, 4) is 5.75 Å². The molecule has 0 bridgehead atoms. The number of nitrogens with zero attached hydrogens (tertiary/aromatic N) is 2. The number of hydrogen-bond donors (Lipinski definition) is 0. The Hall–Kier alpha value is -1.89. The Morgan fingerprint density at radius 2 is 2.21 bits per heavy atom. The van der Waals surface area contributed by atoms with Gasteiger partial charge in [-0.25, -0.2) is 4.79 Å². The first-order valence-electron chi connectivity index (χ1n) is 5.40. The van der Waals surface area contributed by atoms with Crippen LogP contribution in [0.5, 0.6) is 5.75 Å². The second kappa shape index (κ2) is 5.83. The van der Waals surface area contributed by atoms with E-state index in [0.29, 0.717) is 21.7 Å². The maximum absolute atomic E-state index is 11.8. The lowest BCUT2D eigenvalue weighted by atomic mass is 10.2. The van der Waals surface area contributed by atoms with E-state index in [1.165, 1.54) is 0 Å². The van der Waals surface area contributed by atoms with Gasteiger partial charge in [0.1, 0.15) is 5.75 Å². The molecular weight excluding hydrogens is 316 g/mol. The molecular formula is C12H11BrN2O4. The molecule has 0 aliphatic heterocycles. The van der Waals surface area contributed by atoms with E-state index in [2.05, 4.69) is 26.1 Å². The van der Waals surface area contributed by atoms with E-state index in [-0.39, 0.29) is 12.5 Å². The van der Waals surface area contributed by atoms with E-state index in [1.54, 1.807) is 32.2 Å². The van der Waals surface area contributed by atoms with E-state index in [0.717, 1.165) is 0 Å². The molecule has 0 aliphatic carbocycles. The third-order valence-corrected chi connectivity index (χ3v) is 2.90. The van der Waals surface area contributed by atoms with Crippen LogP contribution >= 0.6 is 15.9 Å². The van der Waals surface area contributed by atoms with Gasteiger partial charge in [0.15, 0.2) is 6.61 Å². The van der Waals surface area contributed by atoms with Crippen LogP contribution in [-0.4, -0.2) is 23.3 Å².